The number of sulfonamides is 1. The van der Waals surface area contributed by atoms with Gasteiger partial charge < -0.3 is 5.11 Å². The summed E-state index contributed by atoms with van der Waals surface area (Å²) in [5, 5.41) is 9.09. The Kier molecular flexibility index (Phi) is 4.53. The lowest BCUT2D eigenvalue weighted by Crippen LogP contribution is -2.13. The zero-order chi connectivity index (χ0) is 14.9. The number of aryl methyl sites for hydroxylation is 2. The van der Waals surface area contributed by atoms with Crippen LogP contribution in [0.4, 0.5) is 5.69 Å². The Morgan fingerprint density at radius 3 is 2.55 bits per heavy atom. The topological polar surface area (TPSA) is 66.4 Å². The van der Waals surface area contributed by atoms with Gasteiger partial charge in [-0.1, -0.05) is 6.07 Å². The molecule has 0 aliphatic rings. The molecule has 2 aromatic rings. The first kappa shape index (κ1) is 15.5. The van der Waals surface area contributed by atoms with Gasteiger partial charge in [0.1, 0.15) is 4.90 Å². The van der Waals surface area contributed by atoms with Crippen molar-refractivity contribution in [1.29, 1.82) is 0 Å². The molecule has 0 aliphatic heterocycles. The maximum atomic E-state index is 12.4. The number of hydrogen-bond donors (Lipinski definition) is 2. The van der Waals surface area contributed by atoms with Gasteiger partial charge in [0.15, 0.2) is 0 Å². The van der Waals surface area contributed by atoms with Gasteiger partial charge in [0.25, 0.3) is 10.0 Å². The third kappa shape index (κ3) is 3.22. The van der Waals surface area contributed by atoms with Crippen LogP contribution in [0, 0.1) is 13.8 Å². The Hall–Kier alpha value is -0.890. The molecule has 20 heavy (non-hydrogen) atoms. The standard InChI is InChI=1S/C13H14BrNO3S2/c1-8-3-4-12(11(14)5-8)15-20(17,18)13-6-10(7-16)19-9(13)2/h3-6,15-16H,7H2,1-2H3. The Labute approximate surface area is 130 Å². The molecule has 108 valence electrons. The second-order valence-corrected chi connectivity index (χ2v) is 8.23. The second kappa shape index (κ2) is 5.85. The second-order valence-electron chi connectivity index (χ2n) is 4.38. The van der Waals surface area contributed by atoms with Crippen LogP contribution in [-0.2, 0) is 16.6 Å². The van der Waals surface area contributed by atoms with Crippen molar-refractivity contribution in [2.75, 3.05) is 4.72 Å². The number of halogens is 1. The highest BCUT2D eigenvalue weighted by molar-refractivity contribution is 9.10. The van der Waals surface area contributed by atoms with E-state index in [-0.39, 0.29) is 11.5 Å². The SMILES string of the molecule is Cc1ccc(NS(=O)(=O)c2cc(CO)sc2C)c(Br)c1. The Balaban J connectivity index is 2.38. The molecule has 1 heterocycles. The van der Waals surface area contributed by atoms with Crippen molar-refractivity contribution in [3.05, 3.63) is 44.1 Å². The number of aliphatic hydroxyl groups excluding tert-OH is 1. The number of hydrogen-bond acceptors (Lipinski definition) is 4. The van der Waals surface area contributed by atoms with Crippen LogP contribution >= 0.6 is 27.3 Å². The molecular weight excluding hydrogens is 362 g/mol. The summed E-state index contributed by atoms with van der Waals surface area (Å²) >= 11 is 4.62. The summed E-state index contributed by atoms with van der Waals surface area (Å²) in [6, 6.07) is 6.90. The van der Waals surface area contributed by atoms with Crippen molar-refractivity contribution in [3.63, 3.8) is 0 Å². The molecular formula is C13H14BrNO3S2. The van der Waals surface area contributed by atoms with Crippen molar-refractivity contribution >= 4 is 43.0 Å². The third-order valence-electron chi connectivity index (χ3n) is 2.74. The normalized spacial score (nSPS) is 11.6. The lowest BCUT2D eigenvalue weighted by Gasteiger charge is -2.10. The van der Waals surface area contributed by atoms with Gasteiger partial charge in [-0.05, 0) is 53.5 Å². The van der Waals surface area contributed by atoms with Crippen molar-refractivity contribution < 1.29 is 13.5 Å². The number of nitrogens with one attached hydrogen (secondary N) is 1. The van der Waals surface area contributed by atoms with E-state index in [1.807, 2.05) is 19.1 Å². The molecule has 2 N–H and O–H groups in total. The molecule has 2 rings (SSSR count). The summed E-state index contributed by atoms with van der Waals surface area (Å²) in [7, 11) is -3.65. The smallest absolute Gasteiger partial charge is 0.263 e. The van der Waals surface area contributed by atoms with Crippen molar-refractivity contribution in [3.8, 4) is 0 Å². The average Bonchev–Trinajstić information content (AvgIpc) is 2.75. The number of rotatable bonds is 4. The van der Waals surface area contributed by atoms with E-state index in [1.54, 1.807) is 13.0 Å². The first-order valence-electron chi connectivity index (χ1n) is 5.82. The molecule has 0 fully saturated rings. The molecule has 4 nitrogen and oxygen atoms in total. The fourth-order valence-corrected chi connectivity index (χ4v) is 5.07. The molecule has 0 saturated carbocycles. The van der Waals surface area contributed by atoms with E-state index in [4.69, 9.17) is 5.11 Å². The van der Waals surface area contributed by atoms with Gasteiger partial charge in [-0.25, -0.2) is 8.42 Å². The van der Waals surface area contributed by atoms with Gasteiger partial charge in [0.2, 0.25) is 0 Å². The summed E-state index contributed by atoms with van der Waals surface area (Å²) in [5.74, 6) is 0. The predicted octanol–water partition coefficient (Wildman–Crippen LogP) is 3.42. The highest BCUT2D eigenvalue weighted by atomic mass is 79.9. The summed E-state index contributed by atoms with van der Waals surface area (Å²) in [5.41, 5.74) is 1.53. The van der Waals surface area contributed by atoms with E-state index in [1.165, 1.54) is 17.4 Å². The van der Waals surface area contributed by atoms with Gasteiger partial charge in [-0.3, -0.25) is 4.72 Å². The summed E-state index contributed by atoms with van der Waals surface area (Å²) < 4.78 is 28.0. The van der Waals surface area contributed by atoms with E-state index in [2.05, 4.69) is 20.7 Å². The molecule has 0 atom stereocenters. The number of anilines is 1. The van der Waals surface area contributed by atoms with Crippen LogP contribution in [0.5, 0.6) is 0 Å². The number of thiophene rings is 1. The lowest BCUT2D eigenvalue weighted by molar-refractivity contribution is 0.285. The monoisotopic (exact) mass is 375 g/mol. The van der Waals surface area contributed by atoms with Gasteiger partial charge in [0.05, 0.1) is 12.3 Å². The molecule has 0 spiro atoms. The summed E-state index contributed by atoms with van der Waals surface area (Å²) in [6.07, 6.45) is 0. The van der Waals surface area contributed by atoms with Crippen LogP contribution in [0.25, 0.3) is 0 Å². The zero-order valence-corrected chi connectivity index (χ0v) is 14.2. The van der Waals surface area contributed by atoms with Crippen LogP contribution in [0.3, 0.4) is 0 Å². The highest BCUT2D eigenvalue weighted by Gasteiger charge is 2.20. The van der Waals surface area contributed by atoms with E-state index in [0.717, 1.165) is 5.56 Å². The lowest BCUT2D eigenvalue weighted by atomic mass is 10.2. The molecule has 7 heteroatoms. The summed E-state index contributed by atoms with van der Waals surface area (Å²) in [6.45, 7) is 3.50. The quantitative estimate of drug-likeness (QED) is 0.859. The van der Waals surface area contributed by atoms with Crippen LogP contribution in [-0.4, -0.2) is 13.5 Å². The van der Waals surface area contributed by atoms with Crippen molar-refractivity contribution in [1.82, 2.24) is 0 Å². The molecule has 0 aliphatic carbocycles. The first-order chi connectivity index (χ1) is 9.33. The van der Waals surface area contributed by atoms with Crippen LogP contribution in [0.2, 0.25) is 0 Å². The van der Waals surface area contributed by atoms with E-state index in [0.29, 0.717) is 19.9 Å². The van der Waals surface area contributed by atoms with E-state index < -0.39 is 10.0 Å². The number of benzene rings is 1. The van der Waals surface area contributed by atoms with Gasteiger partial charge in [-0.15, -0.1) is 11.3 Å². The van der Waals surface area contributed by atoms with Crippen molar-refractivity contribution in [2.24, 2.45) is 0 Å². The minimum atomic E-state index is -3.65. The summed E-state index contributed by atoms with van der Waals surface area (Å²) in [4.78, 5) is 1.50. The molecule has 1 aromatic heterocycles. The zero-order valence-electron chi connectivity index (χ0n) is 11.0. The van der Waals surface area contributed by atoms with Crippen molar-refractivity contribution in [2.45, 2.75) is 25.3 Å². The van der Waals surface area contributed by atoms with Gasteiger partial charge in [0, 0.05) is 14.2 Å². The molecule has 0 saturated heterocycles. The fourth-order valence-electron chi connectivity index (χ4n) is 1.77. The Morgan fingerprint density at radius 1 is 1.30 bits per heavy atom. The van der Waals surface area contributed by atoms with Crippen LogP contribution in [0.1, 0.15) is 15.3 Å². The maximum absolute atomic E-state index is 12.4. The number of aliphatic hydroxyl groups is 1. The molecule has 0 unspecified atom stereocenters. The highest BCUT2D eigenvalue weighted by Crippen LogP contribution is 2.30. The van der Waals surface area contributed by atoms with E-state index >= 15 is 0 Å². The van der Waals surface area contributed by atoms with E-state index in [9.17, 15) is 8.42 Å². The minimum Gasteiger partial charge on any atom is -0.391 e. The molecule has 0 bridgehead atoms. The predicted molar refractivity (Wildman–Crippen MR) is 84.7 cm³/mol. The van der Waals surface area contributed by atoms with Gasteiger partial charge >= 0.3 is 0 Å². The van der Waals surface area contributed by atoms with Crippen LogP contribution < -0.4 is 4.72 Å². The van der Waals surface area contributed by atoms with Gasteiger partial charge in [-0.2, -0.15) is 0 Å². The third-order valence-corrected chi connectivity index (χ3v) is 6.05. The maximum Gasteiger partial charge on any atom is 0.263 e. The Bertz CT molecular complexity index is 738. The Morgan fingerprint density at radius 2 is 2.00 bits per heavy atom. The first-order valence-corrected chi connectivity index (χ1v) is 8.92. The average molecular weight is 376 g/mol. The molecule has 1 aromatic carbocycles. The minimum absolute atomic E-state index is 0.157. The molecule has 0 radical (unpaired) electrons. The fraction of sp³-hybridized carbons (Fsp3) is 0.231. The molecule has 0 amide bonds. The van der Waals surface area contributed by atoms with Crippen LogP contribution in [0.15, 0.2) is 33.6 Å². The largest absolute Gasteiger partial charge is 0.391 e.